The van der Waals surface area contributed by atoms with Crippen molar-refractivity contribution in [3.8, 4) is 22.8 Å². The highest BCUT2D eigenvalue weighted by molar-refractivity contribution is 5.88. The summed E-state index contributed by atoms with van der Waals surface area (Å²) in [5.41, 5.74) is 3.73. The summed E-state index contributed by atoms with van der Waals surface area (Å²) in [6, 6.07) is 15.0. The van der Waals surface area contributed by atoms with Crippen molar-refractivity contribution in [2.24, 2.45) is 0 Å². The van der Waals surface area contributed by atoms with E-state index in [0.29, 0.717) is 22.9 Å². The molecule has 3 rings (SSSR count). The van der Waals surface area contributed by atoms with Gasteiger partial charge in [-0.2, -0.15) is 5.10 Å². The first-order valence-corrected chi connectivity index (χ1v) is 8.12. The number of esters is 1. The summed E-state index contributed by atoms with van der Waals surface area (Å²) in [6.07, 6.45) is 0. The van der Waals surface area contributed by atoms with Crippen LogP contribution in [0, 0.1) is 6.92 Å². The normalized spacial score (nSPS) is 10.4. The molecule has 0 fully saturated rings. The van der Waals surface area contributed by atoms with Crippen molar-refractivity contribution < 1.29 is 19.0 Å². The van der Waals surface area contributed by atoms with Crippen LogP contribution in [0.5, 0.6) is 11.5 Å². The van der Waals surface area contributed by atoms with Crippen molar-refractivity contribution in [1.29, 1.82) is 0 Å². The smallest absolute Gasteiger partial charge is 0.356 e. The fourth-order valence-corrected chi connectivity index (χ4v) is 2.58. The van der Waals surface area contributed by atoms with Crippen LogP contribution in [-0.2, 0) is 11.3 Å². The van der Waals surface area contributed by atoms with Crippen molar-refractivity contribution in [3.05, 3.63) is 65.4 Å². The van der Waals surface area contributed by atoms with E-state index in [-0.39, 0.29) is 6.61 Å². The molecule has 0 aliphatic carbocycles. The summed E-state index contributed by atoms with van der Waals surface area (Å²) in [4.78, 5) is 12.3. The Balaban J connectivity index is 1.71. The molecule has 0 unspecified atom stereocenters. The van der Waals surface area contributed by atoms with Crippen LogP contribution in [0.25, 0.3) is 11.3 Å². The summed E-state index contributed by atoms with van der Waals surface area (Å²) in [5.74, 6) is 0.770. The van der Waals surface area contributed by atoms with E-state index < -0.39 is 5.97 Å². The van der Waals surface area contributed by atoms with Gasteiger partial charge < -0.3 is 14.2 Å². The Bertz CT molecular complexity index is 903. The Hall–Kier alpha value is -3.28. The summed E-state index contributed by atoms with van der Waals surface area (Å²) >= 11 is 0. The van der Waals surface area contributed by atoms with E-state index in [2.05, 4.69) is 10.2 Å². The Morgan fingerprint density at radius 1 is 1.04 bits per heavy atom. The highest BCUT2D eigenvalue weighted by Gasteiger charge is 2.14. The molecule has 0 radical (unpaired) electrons. The number of aryl methyl sites for hydroxylation is 1. The number of hydrogen-bond donors (Lipinski definition) is 1. The average molecular weight is 352 g/mol. The van der Waals surface area contributed by atoms with Crippen molar-refractivity contribution >= 4 is 5.97 Å². The maximum Gasteiger partial charge on any atom is 0.356 e. The number of benzene rings is 2. The van der Waals surface area contributed by atoms with Crippen molar-refractivity contribution in [2.75, 3.05) is 14.2 Å². The van der Waals surface area contributed by atoms with Gasteiger partial charge in [0.15, 0.2) is 11.5 Å². The second kappa shape index (κ2) is 7.74. The van der Waals surface area contributed by atoms with Crippen LogP contribution in [-0.4, -0.2) is 30.4 Å². The van der Waals surface area contributed by atoms with E-state index in [1.54, 1.807) is 20.3 Å². The molecule has 1 aromatic heterocycles. The first-order valence-electron chi connectivity index (χ1n) is 8.12. The van der Waals surface area contributed by atoms with Crippen LogP contribution in [0.4, 0.5) is 0 Å². The molecule has 0 aliphatic heterocycles. The minimum atomic E-state index is -0.464. The van der Waals surface area contributed by atoms with Gasteiger partial charge in [-0.05, 0) is 36.2 Å². The number of carbonyl (C=O) groups excluding carboxylic acids is 1. The minimum Gasteiger partial charge on any atom is -0.493 e. The molecule has 1 N–H and O–H groups in total. The molecule has 6 nitrogen and oxygen atoms in total. The van der Waals surface area contributed by atoms with Gasteiger partial charge in [-0.15, -0.1) is 0 Å². The fraction of sp³-hybridized carbons (Fsp3) is 0.200. The third kappa shape index (κ3) is 3.69. The molecule has 26 heavy (non-hydrogen) atoms. The molecule has 0 spiro atoms. The van der Waals surface area contributed by atoms with Crippen LogP contribution in [0.3, 0.4) is 0 Å². The highest BCUT2D eigenvalue weighted by atomic mass is 16.5. The Kier molecular flexibility index (Phi) is 5.22. The number of H-pyrrole nitrogens is 1. The molecular formula is C20H20N2O4. The molecule has 0 saturated carbocycles. The lowest BCUT2D eigenvalue weighted by Crippen LogP contribution is -2.07. The van der Waals surface area contributed by atoms with Crippen molar-refractivity contribution in [1.82, 2.24) is 10.2 Å². The highest BCUT2D eigenvalue weighted by Crippen LogP contribution is 2.30. The number of aromatic nitrogens is 2. The fourth-order valence-electron chi connectivity index (χ4n) is 2.58. The van der Waals surface area contributed by atoms with Gasteiger partial charge in [-0.3, -0.25) is 5.10 Å². The molecule has 3 aromatic rings. The molecule has 0 aliphatic rings. The van der Waals surface area contributed by atoms with Gasteiger partial charge in [0.2, 0.25) is 0 Å². The minimum absolute atomic E-state index is 0.130. The zero-order valence-corrected chi connectivity index (χ0v) is 14.9. The SMILES string of the molecule is COc1cc(C)c(COC(=O)c2cc(-c3ccccc3)n[nH]2)cc1OC. The number of carbonyl (C=O) groups is 1. The lowest BCUT2D eigenvalue weighted by Gasteiger charge is -2.12. The van der Waals surface area contributed by atoms with Gasteiger partial charge in [-0.25, -0.2) is 4.79 Å². The molecule has 1 heterocycles. The Morgan fingerprint density at radius 2 is 1.73 bits per heavy atom. The predicted octanol–water partition coefficient (Wildman–Crippen LogP) is 3.76. The van der Waals surface area contributed by atoms with E-state index in [1.807, 2.05) is 49.4 Å². The second-order valence-electron chi connectivity index (χ2n) is 5.74. The van der Waals surface area contributed by atoms with Gasteiger partial charge in [0.05, 0.1) is 19.9 Å². The van der Waals surface area contributed by atoms with E-state index in [0.717, 1.165) is 16.7 Å². The molecule has 0 bridgehead atoms. The van der Waals surface area contributed by atoms with Gasteiger partial charge in [0.25, 0.3) is 0 Å². The van der Waals surface area contributed by atoms with Gasteiger partial charge in [0.1, 0.15) is 12.3 Å². The number of rotatable bonds is 6. The van der Waals surface area contributed by atoms with Gasteiger partial charge >= 0.3 is 5.97 Å². The van der Waals surface area contributed by atoms with E-state index in [4.69, 9.17) is 14.2 Å². The second-order valence-corrected chi connectivity index (χ2v) is 5.74. The number of ether oxygens (including phenoxy) is 3. The predicted molar refractivity (Wildman–Crippen MR) is 97.4 cm³/mol. The van der Waals surface area contributed by atoms with Gasteiger partial charge in [0, 0.05) is 5.56 Å². The standard InChI is InChI=1S/C20H20N2O4/c1-13-9-18(24-2)19(25-3)10-15(13)12-26-20(23)17-11-16(21-22-17)14-7-5-4-6-8-14/h4-11H,12H2,1-3H3,(H,21,22). The zero-order valence-electron chi connectivity index (χ0n) is 14.9. The molecule has 0 saturated heterocycles. The Morgan fingerprint density at radius 3 is 2.42 bits per heavy atom. The molecule has 0 atom stereocenters. The van der Waals surface area contributed by atoms with Crippen LogP contribution in [0.15, 0.2) is 48.5 Å². The van der Waals surface area contributed by atoms with Crippen LogP contribution in [0.1, 0.15) is 21.6 Å². The van der Waals surface area contributed by atoms with Crippen LogP contribution in [0.2, 0.25) is 0 Å². The average Bonchev–Trinajstić information content (AvgIpc) is 3.17. The van der Waals surface area contributed by atoms with E-state index in [1.165, 1.54) is 0 Å². The molecular weight excluding hydrogens is 332 g/mol. The molecule has 6 heteroatoms. The number of methoxy groups -OCH3 is 2. The molecule has 2 aromatic carbocycles. The van der Waals surface area contributed by atoms with Gasteiger partial charge in [-0.1, -0.05) is 30.3 Å². The monoisotopic (exact) mass is 352 g/mol. The molecule has 134 valence electrons. The maximum absolute atomic E-state index is 12.3. The third-order valence-electron chi connectivity index (χ3n) is 4.07. The van der Waals surface area contributed by atoms with E-state index in [9.17, 15) is 4.79 Å². The summed E-state index contributed by atoms with van der Waals surface area (Å²) in [5, 5.41) is 6.89. The first kappa shape index (κ1) is 17.5. The zero-order chi connectivity index (χ0) is 18.5. The van der Waals surface area contributed by atoms with Crippen LogP contribution >= 0.6 is 0 Å². The quantitative estimate of drug-likeness (QED) is 0.684. The lowest BCUT2D eigenvalue weighted by atomic mass is 10.1. The Labute approximate surface area is 151 Å². The largest absolute Gasteiger partial charge is 0.493 e. The summed E-state index contributed by atoms with van der Waals surface area (Å²) < 4.78 is 16.0. The van der Waals surface area contributed by atoms with Crippen molar-refractivity contribution in [2.45, 2.75) is 13.5 Å². The number of hydrogen-bond acceptors (Lipinski definition) is 5. The molecule has 0 amide bonds. The van der Waals surface area contributed by atoms with E-state index >= 15 is 0 Å². The lowest BCUT2D eigenvalue weighted by molar-refractivity contribution is 0.0465. The topological polar surface area (TPSA) is 73.4 Å². The maximum atomic E-state index is 12.3. The summed E-state index contributed by atoms with van der Waals surface area (Å²) in [7, 11) is 3.15. The number of nitrogens with one attached hydrogen (secondary N) is 1. The van der Waals surface area contributed by atoms with Crippen LogP contribution < -0.4 is 9.47 Å². The number of nitrogens with zero attached hydrogens (tertiary/aromatic N) is 1. The number of aromatic amines is 1. The third-order valence-corrected chi connectivity index (χ3v) is 4.07. The van der Waals surface area contributed by atoms with Crippen molar-refractivity contribution in [3.63, 3.8) is 0 Å². The summed E-state index contributed by atoms with van der Waals surface area (Å²) in [6.45, 7) is 2.06. The first-order chi connectivity index (χ1) is 12.6.